The Kier molecular flexibility index (Phi) is 5.93. The van der Waals surface area contributed by atoms with Gasteiger partial charge < -0.3 is 18.6 Å². The van der Waals surface area contributed by atoms with Crippen LogP contribution in [0.1, 0.15) is 23.4 Å². The van der Waals surface area contributed by atoms with E-state index >= 15 is 0 Å². The Balaban J connectivity index is 0.000000180. The molecular weight excluding hydrogens is 240 g/mol. The van der Waals surface area contributed by atoms with Gasteiger partial charge >= 0.3 is 11.9 Å². The van der Waals surface area contributed by atoms with Gasteiger partial charge in [-0.25, -0.2) is 9.59 Å². The topological polar surface area (TPSA) is 75.0 Å². The van der Waals surface area contributed by atoms with Crippen molar-refractivity contribution in [2.45, 2.75) is 18.9 Å². The molecule has 100 valence electrons. The highest BCUT2D eigenvalue weighted by Gasteiger charge is 2.23. The van der Waals surface area contributed by atoms with Gasteiger partial charge in [0.05, 0.1) is 20.5 Å². The minimum atomic E-state index is -0.444. The molecule has 1 aliphatic rings. The molecule has 1 saturated heterocycles. The van der Waals surface area contributed by atoms with Crippen molar-refractivity contribution < 1.29 is 28.2 Å². The lowest BCUT2D eigenvalue weighted by Gasteiger charge is -2.04. The monoisotopic (exact) mass is 256 g/mol. The molecule has 6 heteroatoms. The van der Waals surface area contributed by atoms with Crippen LogP contribution in [0.3, 0.4) is 0 Å². The maximum Gasteiger partial charge on any atom is 0.373 e. The molecule has 0 amide bonds. The first kappa shape index (κ1) is 14.2. The standard InChI is InChI=1S/C6H10O3.C6H6O3/c2*1-8-6(7)5-3-2-4-9-5/h5H,2-4H2,1H3;2-4H,1H3. The van der Waals surface area contributed by atoms with Crippen molar-refractivity contribution in [3.8, 4) is 0 Å². The summed E-state index contributed by atoms with van der Waals surface area (Å²) in [7, 11) is 2.69. The Hall–Kier alpha value is -1.82. The number of hydrogen-bond acceptors (Lipinski definition) is 6. The maximum absolute atomic E-state index is 10.7. The van der Waals surface area contributed by atoms with Crippen molar-refractivity contribution in [3.63, 3.8) is 0 Å². The number of hydrogen-bond donors (Lipinski definition) is 0. The molecule has 0 N–H and O–H groups in total. The van der Waals surface area contributed by atoms with Crippen molar-refractivity contribution >= 4 is 11.9 Å². The van der Waals surface area contributed by atoms with Crippen LogP contribution in [-0.2, 0) is 19.0 Å². The number of rotatable bonds is 2. The van der Waals surface area contributed by atoms with Crippen molar-refractivity contribution in [1.29, 1.82) is 0 Å². The van der Waals surface area contributed by atoms with Gasteiger partial charge in [-0.3, -0.25) is 0 Å². The molecule has 0 aromatic carbocycles. The fourth-order valence-corrected chi connectivity index (χ4v) is 1.39. The summed E-state index contributed by atoms with van der Waals surface area (Å²) in [6, 6.07) is 3.18. The Bertz CT molecular complexity index is 364. The summed E-state index contributed by atoms with van der Waals surface area (Å²) < 4.78 is 18.6. The van der Waals surface area contributed by atoms with E-state index in [1.165, 1.54) is 20.5 Å². The second-order valence-electron chi connectivity index (χ2n) is 3.49. The van der Waals surface area contributed by atoms with Gasteiger partial charge in [0.15, 0.2) is 6.10 Å². The van der Waals surface area contributed by atoms with Crippen LogP contribution < -0.4 is 0 Å². The number of carbonyl (C=O) groups is 2. The molecule has 2 rings (SSSR count). The molecule has 1 fully saturated rings. The van der Waals surface area contributed by atoms with Crippen LogP contribution in [-0.4, -0.2) is 38.9 Å². The van der Waals surface area contributed by atoms with E-state index in [1.807, 2.05) is 0 Å². The quantitative estimate of drug-likeness (QED) is 0.745. The second-order valence-corrected chi connectivity index (χ2v) is 3.49. The number of methoxy groups -OCH3 is 2. The van der Waals surface area contributed by atoms with Gasteiger partial charge in [0.2, 0.25) is 5.76 Å². The predicted molar refractivity (Wildman–Crippen MR) is 61.0 cm³/mol. The molecule has 1 unspecified atom stereocenters. The predicted octanol–water partition coefficient (Wildman–Crippen LogP) is 1.40. The third kappa shape index (κ3) is 4.21. The lowest BCUT2D eigenvalue weighted by Crippen LogP contribution is -2.20. The Morgan fingerprint density at radius 3 is 2.56 bits per heavy atom. The van der Waals surface area contributed by atoms with Gasteiger partial charge in [0, 0.05) is 6.61 Å². The van der Waals surface area contributed by atoms with Crippen LogP contribution in [0.5, 0.6) is 0 Å². The van der Waals surface area contributed by atoms with E-state index in [0.717, 1.165) is 12.8 Å². The molecule has 2 heterocycles. The Labute approximate surface area is 105 Å². The molecular formula is C12H16O6. The molecule has 1 aliphatic heterocycles. The largest absolute Gasteiger partial charge is 0.467 e. The Morgan fingerprint density at radius 1 is 1.33 bits per heavy atom. The summed E-state index contributed by atoms with van der Waals surface area (Å²) >= 11 is 0. The van der Waals surface area contributed by atoms with E-state index in [-0.39, 0.29) is 17.8 Å². The summed E-state index contributed by atoms with van der Waals surface area (Å²) in [4.78, 5) is 21.2. The van der Waals surface area contributed by atoms with E-state index in [1.54, 1.807) is 12.1 Å². The van der Waals surface area contributed by atoms with Gasteiger partial charge in [-0.2, -0.15) is 0 Å². The first-order chi connectivity index (χ1) is 8.69. The zero-order chi connectivity index (χ0) is 13.4. The van der Waals surface area contributed by atoms with Crippen LogP contribution in [0, 0.1) is 0 Å². The summed E-state index contributed by atoms with van der Waals surface area (Å²) in [5, 5.41) is 0. The summed E-state index contributed by atoms with van der Waals surface area (Å²) in [5.41, 5.74) is 0. The third-order valence-electron chi connectivity index (χ3n) is 2.30. The molecule has 6 nitrogen and oxygen atoms in total. The van der Waals surface area contributed by atoms with Crippen molar-refractivity contribution in [3.05, 3.63) is 24.2 Å². The average Bonchev–Trinajstić information content (AvgIpc) is 3.09. The van der Waals surface area contributed by atoms with E-state index in [4.69, 9.17) is 9.15 Å². The van der Waals surface area contributed by atoms with Crippen LogP contribution in [0.4, 0.5) is 0 Å². The molecule has 0 spiro atoms. The van der Waals surface area contributed by atoms with Gasteiger partial charge in [0.25, 0.3) is 0 Å². The van der Waals surface area contributed by atoms with Crippen LogP contribution in [0.2, 0.25) is 0 Å². The minimum Gasteiger partial charge on any atom is -0.467 e. The molecule has 18 heavy (non-hydrogen) atoms. The van der Waals surface area contributed by atoms with E-state index in [9.17, 15) is 9.59 Å². The maximum atomic E-state index is 10.7. The van der Waals surface area contributed by atoms with Gasteiger partial charge in [-0.1, -0.05) is 0 Å². The molecule has 1 aromatic rings. The van der Waals surface area contributed by atoms with Gasteiger partial charge in [0.1, 0.15) is 0 Å². The van der Waals surface area contributed by atoms with Crippen molar-refractivity contribution in [1.82, 2.24) is 0 Å². The highest BCUT2D eigenvalue weighted by atomic mass is 16.6. The van der Waals surface area contributed by atoms with E-state index in [0.29, 0.717) is 6.61 Å². The zero-order valence-electron chi connectivity index (χ0n) is 10.4. The molecule has 0 bridgehead atoms. The molecule has 0 radical (unpaired) electrons. The molecule has 1 aromatic heterocycles. The summed E-state index contributed by atoms with van der Waals surface area (Å²) in [5.74, 6) is -0.454. The lowest BCUT2D eigenvalue weighted by atomic mass is 10.2. The normalized spacial score (nSPS) is 17.6. The van der Waals surface area contributed by atoms with Crippen LogP contribution in [0.15, 0.2) is 22.8 Å². The first-order valence-electron chi connectivity index (χ1n) is 5.50. The average molecular weight is 256 g/mol. The fraction of sp³-hybridized carbons (Fsp3) is 0.500. The number of carbonyl (C=O) groups excluding carboxylic acids is 2. The second kappa shape index (κ2) is 7.50. The number of ether oxygens (including phenoxy) is 3. The third-order valence-corrected chi connectivity index (χ3v) is 2.30. The summed E-state index contributed by atoms with van der Waals surface area (Å²) in [6.45, 7) is 0.694. The fourth-order valence-electron chi connectivity index (χ4n) is 1.39. The smallest absolute Gasteiger partial charge is 0.373 e. The SMILES string of the molecule is COC(=O)C1CCCO1.COC(=O)c1ccco1. The molecule has 1 atom stereocenters. The zero-order valence-corrected chi connectivity index (χ0v) is 10.4. The van der Waals surface area contributed by atoms with Crippen LogP contribution in [0.25, 0.3) is 0 Å². The number of furan rings is 1. The molecule has 0 saturated carbocycles. The van der Waals surface area contributed by atoms with Crippen LogP contribution >= 0.6 is 0 Å². The van der Waals surface area contributed by atoms with Gasteiger partial charge in [-0.15, -0.1) is 0 Å². The Morgan fingerprint density at radius 2 is 2.11 bits per heavy atom. The van der Waals surface area contributed by atoms with Gasteiger partial charge in [-0.05, 0) is 25.0 Å². The highest BCUT2D eigenvalue weighted by molar-refractivity contribution is 5.85. The summed E-state index contributed by atoms with van der Waals surface area (Å²) in [6.07, 6.45) is 2.92. The highest BCUT2D eigenvalue weighted by Crippen LogP contribution is 2.12. The van der Waals surface area contributed by atoms with E-state index < -0.39 is 5.97 Å². The minimum absolute atomic E-state index is 0.234. The van der Waals surface area contributed by atoms with Crippen molar-refractivity contribution in [2.24, 2.45) is 0 Å². The lowest BCUT2D eigenvalue weighted by molar-refractivity contribution is -0.151. The van der Waals surface area contributed by atoms with Crippen molar-refractivity contribution in [2.75, 3.05) is 20.8 Å². The number of esters is 2. The van der Waals surface area contributed by atoms with E-state index in [2.05, 4.69) is 9.47 Å². The molecule has 0 aliphatic carbocycles. The first-order valence-corrected chi connectivity index (χ1v) is 5.50.